The van der Waals surface area contributed by atoms with Crippen LogP contribution in [0.25, 0.3) is 0 Å². The number of benzene rings is 2. The van der Waals surface area contributed by atoms with Gasteiger partial charge in [-0.25, -0.2) is 0 Å². The highest BCUT2D eigenvalue weighted by Crippen LogP contribution is 2.34. The maximum Gasteiger partial charge on any atom is 0.0410 e. The van der Waals surface area contributed by atoms with Gasteiger partial charge in [0.25, 0.3) is 0 Å². The molecule has 2 aromatic carbocycles. The van der Waals surface area contributed by atoms with Crippen LogP contribution in [0.5, 0.6) is 0 Å². The molecule has 0 heterocycles. The van der Waals surface area contributed by atoms with Gasteiger partial charge in [-0.1, -0.05) is 41.6 Å². The molecule has 0 fully saturated rings. The molecule has 2 rings (SSSR count). The Labute approximate surface area is 137 Å². The molecule has 0 saturated carbocycles. The first-order valence-corrected chi connectivity index (χ1v) is 8.31. The second-order valence-corrected chi connectivity index (χ2v) is 7.74. The molecule has 0 unspecified atom stereocenters. The smallest absolute Gasteiger partial charge is 0.0410 e. The van der Waals surface area contributed by atoms with Crippen LogP contribution in [0.4, 0.5) is 0 Å². The van der Waals surface area contributed by atoms with Crippen molar-refractivity contribution in [3.63, 3.8) is 0 Å². The lowest BCUT2D eigenvalue weighted by Crippen LogP contribution is -2.35. The van der Waals surface area contributed by atoms with E-state index in [2.05, 4.69) is 69.4 Å². The topological polar surface area (TPSA) is 12.0 Å². The fourth-order valence-electron chi connectivity index (χ4n) is 1.94. The van der Waals surface area contributed by atoms with Gasteiger partial charge >= 0.3 is 0 Å². The van der Waals surface area contributed by atoms with Gasteiger partial charge in [0.2, 0.25) is 0 Å². The third kappa shape index (κ3) is 5.06. The van der Waals surface area contributed by atoms with E-state index in [9.17, 15) is 0 Å². The number of halogens is 1. The minimum atomic E-state index is 0.0902. The van der Waals surface area contributed by atoms with E-state index in [0.717, 1.165) is 11.6 Å². The Morgan fingerprint density at radius 1 is 1.05 bits per heavy atom. The summed E-state index contributed by atoms with van der Waals surface area (Å²) < 4.78 is 0. The van der Waals surface area contributed by atoms with Crippen LogP contribution in [0, 0.1) is 6.92 Å². The van der Waals surface area contributed by atoms with E-state index in [1.807, 2.05) is 6.07 Å². The molecule has 0 spiro atoms. The fourth-order valence-corrected chi connectivity index (χ4v) is 3.14. The summed E-state index contributed by atoms with van der Waals surface area (Å²) in [5.74, 6) is 0. The first-order valence-electron chi connectivity index (χ1n) is 7.12. The molecule has 0 radical (unpaired) electrons. The molecule has 2 aromatic rings. The highest BCUT2D eigenvalue weighted by atomic mass is 35.5. The Bertz CT molecular complexity index is 617. The van der Waals surface area contributed by atoms with Gasteiger partial charge in [0.1, 0.15) is 0 Å². The van der Waals surface area contributed by atoms with Crippen LogP contribution < -0.4 is 5.32 Å². The summed E-state index contributed by atoms with van der Waals surface area (Å²) in [7, 11) is 0. The van der Waals surface area contributed by atoms with Crippen molar-refractivity contribution in [1.82, 2.24) is 5.32 Å². The largest absolute Gasteiger partial charge is 0.308 e. The van der Waals surface area contributed by atoms with Gasteiger partial charge in [0, 0.05) is 26.9 Å². The summed E-state index contributed by atoms with van der Waals surface area (Å²) in [5, 5.41) is 4.32. The van der Waals surface area contributed by atoms with E-state index in [1.165, 1.54) is 20.9 Å². The van der Waals surface area contributed by atoms with E-state index in [4.69, 9.17) is 11.6 Å². The number of aryl methyl sites for hydroxylation is 1. The normalized spacial score (nSPS) is 11.7. The van der Waals surface area contributed by atoms with Crippen LogP contribution in [-0.4, -0.2) is 5.54 Å². The zero-order chi connectivity index (χ0) is 15.5. The third-order valence-electron chi connectivity index (χ3n) is 3.15. The average Bonchev–Trinajstić information content (AvgIpc) is 2.40. The SMILES string of the molecule is Cc1ccccc1Sc1ccc(Cl)cc1CNC(C)(C)C. The van der Waals surface area contributed by atoms with Gasteiger partial charge in [-0.2, -0.15) is 0 Å². The minimum absolute atomic E-state index is 0.0902. The van der Waals surface area contributed by atoms with Crippen molar-refractivity contribution in [3.8, 4) is 0 Å². The molecule has 0 atom stereocenters. The molecule has 0 aromatic heterocycles. The lowest BCUT2D eigenvalue weighted by atomic mass is 10.1. The zero-order valence-electron chi connectivity index (χ0n) is 13.0. The first kappa shape index (κ1) is 16.4. The van der Waals surface area contributed by atoms with E-state index in [0.29, 0.717) is 0 Å². The molecule has 0 aliphatic rings. The van der Waals surface area contributed by atoms with Gasteiger partial charge in [-0.15, -0.1) is 0 Å². The number of hydrogen-bond acceptors (Lipinski definition) is 2. The Morgan fingerprint density at radius 3 is 2.43 bits per heavy atom. The van der Waals surface area contributed by atoms with Crippen LogP contribution in [0.3, 0.4) is 0 Å². The van der Waals surface area contributed by atoms with Crippen LogP contribution in [0.1, 0.15) is 31.9 Å². The number of hydrogen-bond donors (Lipinski definition) is 1. The van der Waals surface area contributed by atoms with E-state index >= 15 is 0 Å². The van der Waals surface area contributed by atoms with Gasteiger partial charge in [0.15, 0.2) is 0 Å². The third-order valence-corrected chi connectivity index (χ3v) is 4.68. The van der Waals surface area contributed by atoms with E-state index in [1.54, 1.807) is 11.8 Å². The van der Waals surface area contributed by atoms with E-state index < -0.39 is 0 Å². The Morgan fingerprint density at radius 2 is 1.76 bits per heavy atom. The molecule has 1 N–H and O–H groups in total. The van der Waals surface area contributed by atoms with Gasteiger partial charge in [0.05, 0.1) is 0 Å². The van der Waals surface area contributed by atoms with Crippen LogP contribution in [0.2, 0.25) is 5.02 Å². The molecule has 0 saturated heterocycles. The lowest BCUT2D eigenvalue weighted by Gasteiger charge is -2.22. The lowest BCUT2D eigenvalue weighted by molar-refractivity contribution is 0.422. The summed E-state index contributed by atoms with van der Waals surface area (Å²) in [6.07, 6.45) is 0. The molecular weight excluding hydrogens is 298 g/mol. The van der Waals surface area contributed by atoms with Crippen molar-refractivity contribution in [3.05, 3.63) is 58.6 Å². The number of nitrogens with one attached hydrogen (secondary N) is 1. The summed E-state index contributed by atoms with van der Waals surface area (Å²) in [6.45, 7) is 9.48. The molecule has 1 nitrogen and oxygen atoms in total. The van der Waals surface area contributed by atoms with Crippen LogP contribution in [-0.2, 0) is 6.54 Å². The minimum Gasteiger partial charge on any atom is -0.308 e. The summed E-state index contributed by atoms with van der Waals surface area (Å²) in [5.41, 5.74) is 2.63. The number of rotatable bonds is 4. The summed E-state index contributed by atoms with van der Waals surface area (Å²) in [4.78, 5) is 2.54. The van der Waals surface area contributed by atoms with Crippen molar-refractivity contribution in [2.75, 3.05) is 0 Å². The quantitative estimate of drug-likeness (QED) is 0.777. The highest BCUT2D eigenvalue weighted by molar-refractivity contribution is 7.99. The van der Waals surface area contributed by atoms with Crippen molar-refractivity contribution in [1.29, 1.82) is 0 Å². The molecule has 0 bridgehead atoms. The Hall–Kier alpha value is -0.960. The second-order valence-electron chi connectivity index (χ2n) is 6.22. The maximum absolute atomic E-state index is 6.16. The van der Waals surface area contributed by atoms with Crippen molar-refractivity contribution < 1.29 is 0 Å². The zero-order valence-corrected chi connectivity index (χ0v) is 14.6. The highest BCUT2D eigenvalue weighted by Gasteiger charge is 2.12. The predicted octanol–water partition coefficient (Wildman–Crippen LogP) is 5.69. The van der Waals surface area contributed by atoms with Crippen molar-refractivity contribution in [2.24, 2.45) is 0 Å². The standard InChI is InChI=1S/C18H22ClNS/c1-13-7-5-6-8-16(13)21-17-10-9-15(19)11-14(17)12-20-18(2,3)4/h5-11,20H,12H2,1-4H3. The monoisotopic (exact) mass is 319 g/mol. The Balaban J connectivity index is 2.25. The van der Waals surface area contributed by atoms with Crippen molar-refractivity contribution in [2.45, 2.75) is 49.6 Å². The molecular formula is C18H22ClNS. The molecule has 0 aliphatic carbocycles. The first-order chi connectivity index (χ1) is 9.85. The van der Waals surface area contributed by atoms with Gasteiger partial charge < -0.3 is 5.32 Å². The predicted molar refractivity (Wildman–Crippen MR) is 93.3 cm³/mol. The van der Waals surface area contributed by atoms with E-state index in [-0.39, 0.29) is 5.54 Å². The summed E-state index contributed by atoms with van der Waals surface area (Å²) in [6, 6.07) is 14.6. The molecule has 3 heteroatoms. The second kappa shape index (κ2) is 6.87. The fraction of sp³-hybridized carbons (Fsp3) is 0.333. The average molecular weight is 320 g/mol. The Kier molecular flexibility index (Phi) is 5.37. The van der Waals surface area contributed by atoms with Crippen LogP contribution >= 0.6 is 23.4 Å². The molecule has 112 valence electrons. The maximum atomic E-state index is 6.16. The summed E-state index contributed by atoms with van der Waals surface area (Å²) >= 11 is 7.97. The van der Waals surface area contributed by atoms with Gasteiger partial charge in [-0.05, 0) is 63.1 Å². The van der Waals surface area contributed by atoms with Crippen molar-refractivity contribution >= 4 is 23.4 Å². The molecule has 0 amide bonds. The molecule has 21 heavy (non-hydrogen) atoms. The molecule has 0 aliphatic heterocycles. The van der Waals surface area contributed by atoms with Gasteiger partial charge in [-0.3, -0.25) is 0 Å². The van der Waals surface area contributed by atoms with Crippen LogP contribution in [0.15, 0.2) is 52.3 Å².